The van der Waals surface area contributed by atoms with Crippen LogP contribution in [0.5, 0.6) is 0 Å². The van der Waals surface area contributed by atoms with Crippen LogP contribution in [0.1, 0.15) is 15.9 Å². The number of carbonyl (C=O) groups is 1. The minimum Gasteiger partial charge on any atom is -0.321 e. The molecule has 0 aliphatic carbocycles. The Kier molecular flexibility index (Phi) is 5.71. The number of nitrogens with zero attached hydrogens (tertiary/aromatic N) is 1. The Morgan fingerprint density at radius 2 is 1.75 bits per heavy atom. The summed E-state index contributed by atoms with van der Waals surface area (Å²) in [6, 6.07) is 11.0. The lowest BCUT2D eigenvalue weighted by Crippen LogP contribution is -2.14. The van der Waals surface area contributed by atoms with E-state index in [0.717, 1.165) is 24.3 Å². The van der Waals surface area contributed by atoms with Crippen molar-refractivity contribution in [1.29, 1.82) is 0 Å². The van der Waals surface area contributed by atoms with E-state index in [1.54, 1.807) is 0 Å². The van der Waals surface area contributed by atoms with Gasteiger partial charge in [-0.25, -0.2) is 22.2 Å². The van der Waals surface area contributed by atoms with Gasteiger partial charge in [-0.15, -0.1) is 0 Å². The fraction of sp³-hybridized carbons (Fsp3) is 0.0526. The van der Waals surface area contributed by atoms with Gasteiger partial charge in [0.15, 0.2) is 9.84 Å². The highest BCUT2D eigenvalue weighted by Gasteiger charge is 2.21. The van der Waals surface area contributed by atoms with Gasteiger partial charge in [-0.3, -0.25) is 4.79 Å². The third-order valence-corrected chi connectivity index (χ3v) is 5.72. The van der Waals surface area contributed by atoms with Crippen molar-refractivity contribution in [2.45, 2.75) is 10.6 Å². The van der Waals surface area contributed by atoms with Gasteiger partial charge in [0.25, 0.3) is 5.91 Å². The summed E-state index contributed by atoms with van der Waals surface area (Å²) < 4.78 is 52.3. The number of sulfone groups is 1. The van der Waals surface area contributed by atoms with Crippen molar-refractivity contribution in [2.75, 3.05) is 5.32 Å². The standard InChI is InChI=1S/C19H13ClF2N2O3S/c20-18-8-6-15(10-23-18)24-19(25)13-3-7-17(16(22)9-13)28(26,27)11-12-1-4-14(21)5-2-12/h1-10H,11H2,(H,24,25). The van der Waals surface area contributed by atoms with Gasteiger partial charge in [-0.05, 0) is 48.0 Å². The van der Waals surface area contributed by atoms with E-state index >= 15 is 0 Å². The first kappa shape index (κ1) is 19.9. The zero-order valence-electron chi connectivity index (χ0n) is 14.2. The van der Waals surface area contributed by atoms with Crippen LogP contribution in [0.25, 0.3) is 0 Å². The molecule has 0 bridgehead atoms. The molecular formula is C19H13ClF2N2O3S. The highest BCUT2D eigenvalue weighted by molar-refractivity contribution is 7.90. The molecule has 0 fully saturated rings. The third-order valence-electron chi connectivity index (χ3n) is 3.78. The molecule has 0 aliphatic rings. The lowest BCUT2D eigenvalue weighted by atomic mass is 10.2. The van der Waals surface area contributed by atoms with E-state index in [9.17, 15) is 22.0 Å². The maximum Gasteiger partial charge on any atom is 0.255 e. The van der Waals surface area contributed by atoms with Gasteiger partial charge in [-0.2, -0.15) is 0 Å². The summed E-state index contributed by atoms with van der Waals surface area (Å²) in [5.41, 5.74) is 0.605. The van der Waals surface area contributed by atoms with Crippen LogP contribution in [0, 0.1) is 11.6 Å². The highest BCUT2D eigenvalue weighted by Crippen LogP contribution is 2.22. The molecule has 9 heteroatoms. The van der Waals surface area contributed by atoms with Gasteiger partial charge in [0.05, 0.1) is 17.6 Å². The van der Waals surface area contributed by atoms with Crippen LogP contribution in [-0.4, -0.2) is 19.3 Å². The number of aromatic nitrogens is 1. The van der Waals surface area contributed by atoms with Crippen LogP contribution in [0.4, 0.5) is 14.5 Å². The molecule has 3 aromatic rings. The molecule has 0 saturated carbocycles. The van der Waals surface area contributed by atoms with Crippen LogP contribution in [0.15, 0.2) is 65.7 Å². The van der Waals surface area contributed by atoms with Crippen LogP contribution in [-0.2, 0) is 15.6 Å². The first-order valence-electron chi connectivity index (χ1n) is 7.94. The van der Waals surface area contributed by atoms with Crippen LogP contribution >= 0.6 is 11.6 Å². The fourth-order valence-corrected chi connectivity index (χ4v) is 3.96. The SMILES string of the molecule is O=C(Nc1ccc(Cl)nc1)c1ccc(S(=O)(=O)Cc2ccc(F)cc2)c(F)c1. The van der Waals surface area contributed by atoms with Gasteiger partial charge in [-0.1, -0.05) is 23.7 Å². The Bertz CT molecular complexity index is 1120. The van der Waals surface area contributed by atoms with E-state index < -0.39 is 38.0 Å². The number of rotatable bonds is 5. The molecule has 1 amide bonds. The van der Waals surface area contributed by atoms with Crippen molar-refractivity contribution in [1.82, 2.24) is 4.98 Å². The Hall–Kier alpha value is -2.84. The van der Waals surface area contributed by atoms with Crippen molar-refractivity contribution in [3.05, 3.63) is 88.7 Å². The van der Waals surface area contributed by atoms with E-state index in [2.05, 4.69) is 10.3 Å². The minimum atomic E-state index is -4.02. The van der Waals surface area contributed by atoms with E-state index in [0.29, 0.717) is 11.3 Å². The molecule has 5 nitrogen and oxygen atoms in total. The average Bonchev–Trinajstić information content (AvgIpc) is 2.65. The Balaban J connectivity index is 1.80. The monoisotopic (exact) mass is 422 g/mol. The Labute approximate surface area is 164 Å². The molecule has 1 aromatic heterocycles. The number of benzene rings is 2. The molecule has 0 spiro atoms. The van der Waals surface area contributed by atoms with Gasteiger partial charge in [0, 0.05) is 5.56 Å². The Morgan fingerprint density at radius 3 is 2.36 bits per heavy atom. The molecule has 144 valence electrons. The summed E-state index contributed by atoms with van der Waals surface area (Å²) >= 11 is 5.66. The molecule has 0 aliphatic heterocycles. The van der Waals surface area contributed by atoms with Crippen molar-refractivity contribution in [3.8, 4) is 0 Å². The van der Waals surface area contributed by atoms with Crippen LogP contribution < -0.4 is 5.32 Å². The van der Waals surface area contributed by atoms with Crippen LogP contribution in [0.3, 0.4) is 0 Å². The normalized spacial score (nSPS) is 11.2. The number of pyridine rings is 1. The fourth-order valence-electron chi connectivity index (χ4n) is 2.43. The topological polar surface area (TPSA) is 76.1 Å². The molecule has 0 atom stereocenters. The summed E-state index contributed by atoms with van der Waals surface area (Å²) in [5.74, 6) is -2.68. The number of hydrogen-bond acceptors (Lipinski definition) is 4. The second-order valence-corrected chi connectivity index (χ2v) is 8.20. The number of nitrogens with one attached hydrogen (secondary N) is 1. The maximum atomic E-state index is 14.4. The van der Waals surface area contributed by atoms with Gasteiger partial charge >= 0.3 is 0 Å². The predicted octanol–water partition coefficient (Wildman–Crippen LogP) is 4.24. The van der Waals surface area contributed by atoms with Crippen LogP contribution in [0.2, 0.25) is 5.15 Å². The van der Waals surface area contributed by atoms with Crippen molar-refractivity contribution in [2.24, 2.45) is 0 Å². The number of amides is 1. The number of hydrogen-bond donors (Lipinski definition) is 1. The summed E-state index contributed by atoms with van der Waals surface area (Å²) in [6.45, 7) is 0. The summed E-state index contributed by atoms with van der Waals surface area (Å²) in [7, 11) is -4.02. The number of halogens is 3. The molecule has 0 radical (unpaired) electrons. The summed E-state index contributed by atoms with van der Waals surface area (Å²) in [6.07, 6.45) is 1.33. The molecular weight excluding hydrogens is 410 g/mol. The molecule has 1 heterocycles. The van der Waals surface area contributed by atoms with E-state index in [4.69, 9.17) is 11.6 Å². The molecule has 28 heavy (non-hydrogen) atoms. The minimum absolute atomic E-state index is 0.0619. The number of carbonyl (C=O) groups excluding carboxylic acids is 1. The lowest BCUT2D eigenvalue weighted by molar-refractivity contribution is 0.102. The first-order valence-corrected chi connectivity index (χ1v) is 9.97. The lowest BCUT2D eigenvalue weighted by Gasteiger charge is -2.09. The van der Waals surface area contributed by atoms with Crippen molar-refractivity contribution < 1.29 is 22.0 Å². The van der Waals surface area contributed by atoms with E-state index in [1.807, 2.05) is 0 Å². The first-order chi connectivity index (χ1) is 13.2. The Morgan fingerprint density at radius 1 is 1.04 bits per heavy atom. The highest BCUT2D eigenvalue weighted by atomic mass is 35.5. The summed E-state index contributed by atoms with van der Waals surface area (Å²) in [5, 5.41) is 2.75. The van der Waals surface area contributed by atoms with Gasteiger partial charge in [0.2, 0.25) is 0 Å². The molecule has 2 aromatic carbocycles. The zero-order valence-corrected chi connectivity index (χ0v) is 15.8. The van der Waals surface area contributed by atoms with Gasteiger partial charge < -0.3 is 5.32 Å². The predicted molar refractivity (Wildman–Crippen MR) is 101 cm³/mol. The third kappa shape index (κ3) is 4.71. The number of anilines is 1. The summed E-state index contributed by atoms with van der Waals surface area (Å²) in [4.78, 5) is 15.5. The van der Waals surface area contributed by atoms with Crippen molar-refractivity contribution >= 4 is 33.0 Å². The average molecular weight is 423 g/mol. The largest absolute Gasteiger partial charge is 0.321 e. The van der Waals surface area contributed by atoms with E-state index in [-0.39, 0.29) is 10.7 Å². The second kappa shape index (κ2) is 8.04. The quantitative estimate of drug-likeness (QED) is 0.624. The van der Waals surface area contributed by atoms with Gasteiger partial charge in [0.1, 0.15) is 21.7 Å². The molecule has 0 saturated heterocycles. The van der Waals surface area contributed by atoms with Crippen molar-refractivity contribution in [3.63, 3.8) is 0 Å². The second-order valence-electron chi connectivity index (χ2n) is 5.85. The molecule has 0 unspecified atom stereocenters. The maximum absolute atomic E-state index is 14.4. The molecule has 1 N–H and O–H groups in total. The zero-order chi connectivity index (χ0) is 20.3. The van der Waals surface area contributed by atoms with E-state index in [1.165, 1.54) is 36.5 Å². The molecule has 3 rings (SSSR count). The smallest absolute Gasteiger partial charge is 0.255 e.